The van der Waals surface area contributed by atoms with E-state index in [9.17, 15) is 10.5 Å². The Kier molecular flexibility index (Phi) is 17.1. The maximum absolute atomic E-state index is 9.44. The molecule has 0 aliphatic rings. The van der Waals surface area contributed by atoms with Crippen LogP contribution in [0.15, 0.2) is 72.8 Å². The van der Waals surface area contributed by atoms with Crippen molar-refractivity contribution in [1.29, 1.82) is 10.5 Å². The van der Waals surface area contributed by atoms with E-state index in [1.165, 1.54) is 84.2 Å². The van der Waals surface area contributed by atoms with E-state index in [4.69, 9.17) is 0 Å². The van der Waals surface area contributed by atoms with E-state index in [-0.39, 0.29) is 0 Å². The van der Waals surface area contributed by atoms with E-state index in [2.05, 4.69) is 332 Å². The van der Waals surface area contributed by atoms with Crippen molar-refractivity contribution in [2.24, 2.45) is 0 Å². The second-order valence-electron chi connectivity index (χ2n) is 11.5. The Bertz CT molecular complexity index is 2330. The third-order valence-corrected chi connectivity index (χ3v) is 21.8. The van der Waals surface area contributed by atoms with Crippen molar-refractivity contribution in [3.8, 4) is 56.6 Å². The van der Waals surface area contributed by atoms with Crippen molar-refractivity contribution < 1.29 is 0 Å². The lowest BCUT2D eigenvalue weighted by Crippen LogP contribution is -2.02. The molecule has 0 spiro atoms. The summed E-state index contributed by atoms with van der Waals surface area (Å²) in [5.74, 6) is 0. The summed E-state index contributed by atoms with van der Waals surface area (Å²) in [7, 11) is 0. The first-order valence-electron chi connectivity index (χ1n) is 14.9. The predicted octanol–water partition coefficient (Wildman–Crippen LogP) is 16.9. The highest BCUT2D eigenvalue weighted by Gasteiger charge is 2.22. The fourth-order valence-corrected chi connectivity index (χ4v) is 18.2. The summed E-state index contributed by atoms with van der Waals surface area (Å²) in [6.45, 7) is 0. The summed E-state index contributed by atoms with van der Waals surface area (Å²) in [5, 5.41) is 18.9. The van der Waals surface area contributed by atoms with E-state index in [1.807, 2.05) is 24.3 Å². The molecule has 0 heterocycles. The number of rotatable bonds is 6. The van der Waals surface area contributed by atoms with Gasteiger partial charge in [0.05, 0.1) is 23.3 Å². The number of nitrogens with zero attached hydrogens (tertiary/aromatic N) is 2. The van der Waals surface area contributed by atoms with Gasteiger partial charge in [0.15, 0.2) is 0 Å². The lowest BCUT2D eigenvalue weighted by atomic mass is 9.96. The highest BCUT2D eigenvalue weighted by molar-refractivity contribution is 14.1. The highest BCUT2D eigenvalue weighted by atomic mass is 127. The van der Waals surface area contributed by atoms with Crippen LogP contribution in [-0.4, -0.2) is 0 Å². The molecule has 0 aliphatic heterocycles. The van der Waals surface area contributed by atoms with Crippen LogP contribution in [0, 0.1) is 65.5 Å². The van der Waals surface area contributed by atoms with Gasteiger partial charge in [-0.1, -0.05) is 24.3 Å². The summed E-state index contributed by atoms with van der Waals surface area (Å²) in [6.07, 6.45) is 0.856. The molecule has 0 amide bonds. The standard InChI is InChI=1S/C39H14I12N2/c40-24-5-16(14-52)6-25(41)32(24)20-10-28(44)34(29(45)11-20)22-3-1-18(36(48)38(22)50)9-19-2-4-23(39(51)37(19)49)35-30(46)12-21(13-31(35)47)33-26(42)7-17(15-53)8-27(33)43/h1-8,10-13H,9H2. The zero-order valence-electron chi connectivity index (χ0n) is 26.1. The summed E-state index contributed by atoms with van der Waals surface area (Å²) in [6, 6.07) is 30.7. The van der Waals surface area contributed by atoms with Crippen LogP contribution in [0.3, 0.4) is 0 Å². The van der Waals surface area contributed by atoms with Gasteiger partial charge in [-0.25, -0.2) is 0 Å². The van der Waals surface area contributed by atoms with E-state index in [1.54, 1.807) is 0 Å². The van der Waals surface area contributed by atoms with Crippen LogP contribution in [-0.2, 0) is 6.42 Å². The minimum atomic E-state index is 0.689. The van der Waals surface area contributed by atoms with Gasteiger partial charge in [0.25, 0.3) is 0 Å². The molecule has 2 nitrogen and oxygen atoms in total. The van der Waals surface area contributed by atoms with Gasteiger partial charge in [0.2, 0.25) is 0 Å². The summed E-state index contributed by atoms with van der Waals surface area (Å²) >= 11 is 29.5. The van der Waals surface area contributed by atoms with Crippen molar-refractivity contribution in [2.45, 2.75) is 6.42 Å². The molecule has 0 N–H and O–H groups in total. The van der Waals surface area contributed by atoms with E-state index in [0.717, 1.165) is 20.7 Å². The Morgan fingerprint density at radius 2 is 0.642 bits per heavy atom. The van der Waals surface area contributed by atoms with Crippen molar-refractivity contribution in [1.82, 2.24) is 0 Å². The van der Waals surface area contributed by atoms with E-state index in [0.29, 0.717) is 11.1 Å². The predicted molar refractivity (Wildman–Crippen MR) is 319 cm³/mol. The van der Waals surface area contributed by atoms with Gasteiger partial charge in [-0.3, -0.25) is 0 Å². The lowest BCUT2D eigenvalue weighted by molar-refractivity contribution is 1.15. The number of hydrogen-bond donors (Lipinski definition) is 0. The first kappa shape index (κ1) is 45.6. The topological polar surface area (TPSA) is 47.6 Å². The van der Waals surface area contributed by atoms with Gasteiger partial charge in [-0.05, 0) is 359 Å². The molecule has 0 aromatic heterocycles. The van der Waals surface area contributed by atoms with E-state index >= 15 is 0 Å². The maximum Gasteiger partial charge on any atom is 0.0992 e. The quantitative estimate of drug-likeness (QED) is 0.156. The molecule has 0 saturated carbocycles. The van der Waals surface area contributed by atoms with Crippen molar-refractivity contribution >= 4 is 271 Å². The minimum absolute atomic E-state index is 0.689. The molecule has 6 aromatic carbocycles. The molecular weight excluding hydrogens is 2020 g/mol. The van der Waals surface area contributed by atoms with Gasteiger partial charge >= 0.3 is 0 Å². The van der Waals surface area contributed by atoms with Gasteiger partial charge in [0, 0.05) is 65.1 Å². The Hall–Kier alpha value is 3.06. The third-order valence-electron chi connectivity index (χ3n) is 8.25. The van der Waals surface area contributed by atoms with Crippen LogP contribution in [0.2, 0.25) is 0 Å². The SMILES string of the molecule is N#Cc1cc(I)c(-c2cc(I)c(-c3ccc(Cc4ccc(-c5c(I)cc(-c6c(I)cc(C#N)cc6I)cc5I)c(I)c4I)c(I)c3I)c(I)c2)c(I)c1. The zero-order valence-corrected chi connectivity index (χ0v) is 52.0. The first-order valence-corrected chi connectivity index (χ1v) is 27.8. The lowest BCUT2D eigenvalue weighted by Gasteiger charge is -2.18. The normalized spacial score (nSPS) is 11.1. The Morgan fingerprint density at radius 3 is 0.925 bits per heavy atom. The summed E-state index contributed by atoms with van der Waals surface area (Å²) in [5.41, 5.74) is 13.7. The molecule has 0 fully saturated rings. The molecule has 264 valence electrons. The van der Waals surface area contributed by atoms with Crippen molar-refractivity contribution in [2.75, 3.05) is 0 Å². The van der Waals surface area contributed by atoms with Gasteiger partial charge < -0.3 is 0 Å². The van der Waals surface area contributed by atoms with Crippen LogP contribution in [0.1, 0.15) is 22.3 Å². The Labute approximate surface area is 472 Å². The van der Waals surface area contributed by atoms with Crippen LogP contribution < -0.4 is 0 Å². The van der Waals surface area contributed by atoms with Crippen LogP contribution in [0.5, 0.6) is 0 Å². The van der Waals surface area contributed by atoms with Crippen LogP contribution in [0.25, 0.3) is 44.5 Å². The average molecular weight is 2030 g/mol. The van der Waals surface area contributed by atoms with Crippen LogP contribution in [0.4, 0.5) is 0 Å². The van der Waals surface area contributed by atoms with Gasteiger partial charge in [-0.2, -0.15) is 10.5 Å². The highest BCUT2D eigenvalue weighted by Crippen LogP contribution is 2.43. The van der Waals surface area contributed by atoms with Gasteiger partial charge in [0.1, 0.15) is 0 Å². The van der Waals surface area contributed by atoms with Crippen molar-refractivity contribution in [3.63, 3.8) is 0 Å². The second-order valence-corrected chi connectivity index (χ2v) is 25.1. The first-order chi connectivity index (χ1) is 25.1. The Balaban J connectivity index is 1.31. The fraction of sp³-hybridized carbons (Fsp3) is 0.0256. The molecule has 0 saturated heterocycles. The van der Waals surface area contributed by atoms with E-state index < -0.39 is 0 Å². The fourth-order valence-electron chi connectivity index (χ4n) is 5.82. The summed E-state index contributed by atoms with van der Waals surface area (Å²) in [4.78, 5) is 0. The largest absolute Gasteiger partial charge is 0.192 e. The van der Waals surface area contributed by atoms with Crippen molar-refractivity contribution in [3.05, 3.63) is 138 Å². The molecule has 0 aliphatic carbocycles. The molecular formula is C39H14I12N2. The molecule has 6 rings (SSSR count). The maximum atomic E-state index is 9.44. The number of benzene rings is 6. The van der Waals surface area contributed by atoms with Crippen LogP contribution >= 0.6 is 271 Å². The number of hydrogen-bond acceptors (Lipinski definition) is 2. The Morgan fingerprint density at radius 1 is 0.358 bits per heavy atom. The monoisotopic (exact) mass is 2030 g/mol. The molecule has 0 bridgehead atoms. The minimum Gasteiger partial charge on any atom is -0.192 e. The third kappa shape index (κ3) is 9.91. The smallest absolute Gasteiger partial charge is 0.0992 e. The van der Waals surface area contributed by atoms with Gasteiger partial charge in [-0.15, -0.1) is 0 Å². The molecule has 0 atom stereocenters. The number of nitriles is 2. The molecule has 14 heteroatoms. The zero-order chi connectivity index (χ0) is 38.5. The second kappa shape index (κ2) is 19.8. The molecule has 0 unspecified atom stereocenters. The molecule has 6 aromatic rings. The average Bonchev–Trinajstić information content (AvgIpc) is 3.09. The molecule has 0 radical (unpaired) electrons. The number of halogens is 12. The molecule has 53 heavy (non-hydrogen) atoms. The summed E-state index contributed by atoms with van der Waals surface area (Å²) < 4.78 is 14.3.